The van der Waals surface area contributed by atoms with Gasteiger partial charge in [0, 0.05) is 16.5 Å². The summed E-state index contributed by atoms with van der Waals surface area (Å²) >= 11 is 1.47. The summed E-state index contributed by atoms with van der Waals surface area (Å²) in [6.07, 6.45) is 1.56. The number of nitrogens with one attached hydrogen (secondary N) is 2. The molecule has 0 saturated carbocycles. The second-order valence-electron chi connectivity index (χ2n) is 6.20. The molecule has 3 heterocycles. The van der Waals surface area contributed by atoms with Gasteiger partial charge < -0.3 is 15.1 Å². The number of thioether (sulfide) groups is 1. The van der Waals surface area contributed by atoms with Gasteiger partial charge in [-0.05, 0) is 36.4 Å². The third-order valence-electron chi connectivity index (χ3n) is 4.22. The zero-order valence-corrected chi connectivity index (χ0v) is 15.3. The zero-order valence-electron chi connectivity index (χ0n) is 13.7. The van der Waals surface area contributed by atoms with Crippen molar-refractivity contribution in [2.75, 3.05) is 16.8 Å². The smallest absolute Gasteiger partial charge is 0.251 e. The molecule has 0 aliphatic carbocycles. The Kier molecular flexibility index (Phi) is 4.49. The highest BCUT2D eigenvalue weighted by molar-refractivity contribution is 8.15. The molecular weight excluding hydrogens is 374 g/mol. The zero-order chi connectivity index (χ0) is 18.1. The van der Waals surface area contributed by atoms with Crippen LogP contribution in [0.2, 0.25) is 0 Å². The monoisotopic (exact) mass is 391 g/mol. The lowest BCUT2D eigenvalue weighted by atomic mass is 10.2. The number of fused-ring (bicyclic) bond motifs is 1. The highest BCUT2D eigenvalue weighted by Gasteiger charge is 2.42. The van der Waals surface area contributed by atoms with E-state index < -0.39 is 9.84 Å². The quantitative estimate of drug-likeness (QED) is 0.825. The molecule has 0 spiro atoms. The number of hydrogen-bond donors (Lipinski definition) is 2. The molecule has 2 aromatic rings. The molecule has 1 fully saturated rings. The molecule has 0 radical (unpaired) electrons. The number of rotatable bonds is 4. The molecule has 2 N–H and O–H groups in total. The van der Waals surface area contributed by atoms with Crippen LogP contribution in [0, 0.1) is 0 Å². The van der Waals surface area contributed by atoms with E-state index in [0.717, 1.165) is 10.9 Å². The number of hydrogen-bond acceptors (Lipinski definition) is 7. The summed E-state index contributed by atoms with van der Waals surface area (Å²) in [5.74, 6) is 0.830. The standard InChI is InChI=1S/C17H17N3O4S2/c21-16(18-8-13-2-1-7-24-13)11-3-5-12(6-4-11)19-17-20-14-9-26(22,23)10-15(14)25-17/h1-7,14-15H,8-10H2,(H,18,21)(H,19,20)/t14-,15+/m1/s1. The Morgan fingerprint density at radius 2 is 2.04 bits per heavy atom. The third kappa shape index (κ3) is 3.78. The van der Waals surface area contributed by atoms with Crippen LogP contribution in [0.4, 0.5) is 5.69 Å². The molecular formula is C17H17N3O4S2. The third-order valence-corrected chi connectivity index (χ3v) is 7.36. The molecule has 1 aromatic heterocycles. The minimum atomic E-state index is -2.95. The summed E-state index contributed by atoms with van der Waals surface area (Å²) in [7, 11) is -2.95. The van der Waals surface area contributed by atoms with Crippen molar-refractivity contribution in [3.63, 3.8) is 0 Å². The van der Waals surface area contributed by atoms with E-state index in [0.29, 0.717) is 17.9 Å². The van der Waals surface area contributed by atoms with Gasteiger partial charge in [-0.15, -0.1) is 0 Å². The molecule has 1 amide bonds. The van der Waals surface area contributed by atoms with Crippen molar-refractivity contribution in [1.29, 1.82) is 0 Å². The van der Waals surface area contributed by atoms with Crippen molar-refractivity contribution in [1.82, 2.24) is 5.32 Å². The van der Waals surface area contributed by atoms with Gasteiger partial charge >= 0.3 is 0 Å². The molecule has 1 aromatic carbocycles. The molecule has 0 unspecified atom stereocenters. The average molecular weight is 391 g/mol. The first-order chi connectivity index (χ1) is 12.5. The largest absolute Gasteiger partial charge is 0.467 e. The lowest BCUT2D eigenvalue weighted by molar-refractivity contribution is 0.0948. The molecule has 136 valence electrons. The predicted octanol–water partition coefficient (Wildman–Crippen LogP) is 1.89. The summed E-state index contributed by atoms with van der Waals surface area (Å²) in [6, 6.07) is 10.5. The van der Waals surface area contributed by atoms with Crippen LogP contribution in [0.3, 0.4) is 0 Å². The molecule has 2 aliphatic heterocycles. The highest BCUT2D eigenvalue weighted by Crippen LogP contribution is 2.34. The number of amidine groups is 1. The second-order valence-corrected chi connectivity index (χ2v) is 9.58. The normalized spacial score (nSPS) is 23.3. The first-order valence-corrected chi connectivity index (χ1v) is 10.8. The number of anilines is 1. The van der Waals surface area contributed by atoms with Gasteiger partial charge in [0.15, 0.2) is 15.0 Å². The highest BCUT2D eigenvalue weighted by atomic mass is 32.2. The SMILES string of the molecule is O=C(NCc1ccco1)c1ccc(NC2=N[C@@H]3CS(=O)(=O)C[C@@H]3S2)cc1. The summed E-state index contributed by atoms with van der Waals surface area (Å²) in [6.45, 7) is 0.338. The number of furan rings is 1. The Bertz CT molecular complexity index is 937. The molecule has 7 nitrogen and oxygen atoms in total. The van der Waals surface area contributed by atoms with Crippen LogP contribution in [0.25, 0.3) is 0 Å². The fraction of sp³-hybridized carbons (Fsp3) is 0.294. The van der Waals surface area contributed by atoms with Crippen molar-refractivity contribution < 1.29 is 17.6 Å². The van der Waals surface area contributed by atoms with Gasteiger partial charge in [-0.1, -0.05) is 11.8 Å². The number of benzene rings is 1. The van der Waals surface area contributed by atoms with E-state index in [1.165, 1.54) is 11.8 Å². The van der Waals surface area contributed by atoms with Crippen LogP contribution in [0.5, 0.6) is 0 Å². The average Bonchev–Trinajstić information content (AvgIpc) is 3.28. The Hall–Kier alpha value is -2.26. The Morgan fingerprint density at radius 1 is 1.23 bits per heavy atom. The first-order valence-electron chi connectivity index (χ1n) is 8.11. The van der Waals surface area contributed by atoms with Gasteiger partial charge in [0.05, 0.1) is 30.4 Å². The number of sulfone groups is 1. The van der Waals surface area contributed by atoms with Crippen LogP contribution in [0.15, 0.2) is 52.1 Å². The number of nitrogens with zero attached hydrogens (tertiary/aromatic N) is 1. The van der Waals surface area contributed by atoms with Crippen molar-refractivity contribution in [2.24, 2.45) is 4.99 Å². The van der Waals surface area contributed by atoms with E-state index in [9.17, 15) is 13.2 Å². The number of amides is 1. The van der Waals surface area contributed by atoms with Gasteiger partial charge in [0.1, 0.15) is 5.76 Å². The Labute approximate surface area is 155 Å². The van der Waals surface area contributed by atoms with Crippen LogP contribution in [-0.2, 0) is 16.4 Å². The van der Waals surface area contributed by atoms with E-state index >= 15 is 0 Å². The Morgan fingerprint density at radius 3 is 2.73 bits per heavy atom. The number of aliphatic imine (C=N–C) groups is 1. The number of carbonyl (C=O) groups is 1. The molecule has 26 heavy (non-hydrogen) atoms. The van der Waals surface area contributed by atoms with Gasteiger partial charge in [0.25, 0.3) is 5.91 Å². The van der Waals surface area contributed by atoms with E-state index in [1.807, 2.05) is 0 Å². The van der Waals surface area contributed by atoms with E-state index in [2.05, 4.69) is 15.6 Å². The van der Waals surface area contributed by atoms with Gasteiger partial charge in [-0.25, -0.2) is 8.42 Å². The molecule has 0 bridgehead atoms. The number of carbonyl (C=O) groups excluding carboxylic acids is 1. The van der Waals surface area contributed by atoms with E-state index in [-0.39, 0.29) is 28.7 Å². The fourth-order valence-corrected chi connectivity index (χ4v) is 6.60. The molecule has 1 saturated heterocycles. The van der Waals surface area contributed by atoms with Gasteiger partial charge in [-0.2, -0.15) is 0 Å². The maximum absolute atomic E-state index is 12.1. The molecule has 2 atom stereocenters. The molecule has 2 aliphatic rings. The minimum Gasteiger partial charge on any atom is -0.467 e. The van der Waals surface area contributed by atoms with Crippen molar-refractivity contribution in [2.45, 2.75) is 17.8 Å². The van der Waals surface area contributed by atoms with Gasteiger partial charge in [0.2, 0.25) is 0 Å². The van der Waals surface area contributed by atoms with E-state index in [4.69, 9.17) is 4.42 Å². The lowest BCUT2D eigenvalue weighted by Gasteiger charge is -2.08. The van der Waals surface area contributed by atoms with Gasteiger partial charge in [-0.3, -0.25) is 9.79 Å². The van der Waals surface area contributed by atoms with E-state index in [1.54, 1.807) is 42.7 Å². The maximum atomic E-state index is 12.1. The van der Waals surface area contributed by atoms with Crippen LogP contribution in [-0.4, -0.2) is 42.3 Å². The summed E-state index contributed by atoms with van der Waals surface area (Å²) in [5.41, 5.74) is 1.35. The summed E-state index contributed by atoms with van der Waals surface area (Å²) in [5, 5.41) is 6.71. The minimum absolute atomic E-state index is 0.00847. The van der Waals surface area contributed by atoms with Crippen molar-refractivity contribution in [3.05, 3.63) is 54.0 Å². The van der Waals surface area contributed by atoms with Crippen molar-refractivity contribution >= 4 is 38.4 Å². The second kappa shape index (κ2) is 6.81. The van der Waals surface area contributed by atoms with Crippen molar-refractivity contribution in [3.8, 4) is 0 Å². The molecule has 4 rings (SSSR count). The first kappa shape index (κ1) is 17.2. The molecule has 9 heteroatoms. The summed E-state index contributed by atoms with van der Waals surface area (Å²) < 4.78 is 28.4. The Balaban J connectivity index is 1.34. The topological polar surface area (TPSA) is 101 Å². The maximum Gasteiger partial charge on any atom is 0.251 e. The van der Waals surface area contributed by atoms with Crippen LogP contribution < -0.4 is 10.6 Å². The fourth-order valence-electron chi connectivity index (χ4n) is 2.93. The van der Waals surface area contributed by atoms with Crippen LogP contribution >= 0.6 is 11.8 Å². The van der Waals surface area contributed by atoms with Crippen LogP contribution in [0.1, 0.15) is 16.1 Å². The lowest BCUT2D eigenvalue weighted by Crippen LogP contribution is -2.22. The summed E-state index contributed by atoms with van der Waals surface area (Å²) in [4.78, 5) is 16.6. The predicted molar refractivity (Wildman–Crippen MR) is 101 cm³/mol.